The Labute approximate surface area is 54.8 Å². The topological polar surface area (TPSA) is 0 Å². The summed E-state index contributed by atoms with van der Waals surface area (Å²) in [4.78, 5) is 0. The lowest BCUT2D eigenvalue weighted by molar-refractivity contribution is 0.784. The molecule has 0 bridgehead atoms. The largest absolute Gasteiger partial charge is 0.127 e. The predicted octanol–water partition coefficient (Wildman–Crippen LogP) is 2.63. The molecule has 0 aliphatic rings. The van der Waals surface area contributed by atoms with Gasteiger partial charge in [-0.15, -0.1) is 23.2 Å². The van der Waals surface area contributed by atoms with E-state index in [1.807, 2.05) is 6.92 Å². The lowest BCUT2D eigenvalue weighted by Crippen LogP contribution is -1.89. The van der Waals surface area contributed by atoms with E-state index in [-0.39, 0.29) is 0 Å². The molecule has 0 fully saturated rings. The maximum absolute atomic E-state index is 5.60. The lowest BCUT2D eigenvalue weighted by atomic mass is 10.3. The molecular weight excluding hydrogens is 131 g/mol. The van der Waals surface area contributed by atoms with Crippen LogP contribution in [0.4, 0.5) is 0 Å². The highest BCUT2D eigenvalue weighted by atomic mass is 35.5. The van der Waals surface area contributed by atoms with E-state index in [1.165, 1.54) is 0 Å². The fourth-order valence-corrected chi connectivity index (χ4v) is 0.667. The van der Waals surface area contributed by atoms with Crippen molar-refractivity contribution in [1.29, 1.82) is 0 Å². The molecule has 0 N–H and O–H groups in total. The lowest BCUT2D eigenvalue weighted by Gasteiger charge is -1.95. The minimum atomic E-state index is 0.291. The van der Waals surface area contributed by atoms with E-state index in [1.54, 1.807) is 0 Å². The SMILES string of the molecule is C[C@@H](Cl)CCCCl. The summed E-state index contributed by atoms with van der Waals surface area (Å²) in [5.74, 6) is 0.733. The Hall–Kier alpha value is 0.580. The standard InChI is InChI=1S/C5H10Cl2/c1-5(7)3-2-4-6/h5H,2-4H2,1H3/t5-/m1/s1. The number of hydrogen-bond acceptors (Lipinski definition) is 0. The highest BCUT2D eigenvalue weighted by molar-refractivity contribution is 6.20. The zero-order chi connectivity index (χ0) is 5.70. The molecule has 0 rings (SSSR count). The van der Waals surface area contributed by atoms with Gasteiger partial charge in [-0.05, 0) is 19.8 Å². The Morgan fingerprint density at radius 1 is 1.57 bits per heavy atom. The van der Waals surface area contributed by atoms with Crippen LogP contribution in [0.1, 0.15) is 19.8 Å². The van der Waals surface area contributed by atoms with Gasteiger partial charge in [-0.25, -0.2) is 0 Å². The van der Waals surface area contributed by atoms with Crippen LogP contribution in [0.5, 0.6) is 0 Å². The highest BCUT2D eigenvalue weighted by Crippen LogP contribution is 2.03. The summed E-state index contributed by atoms with van der Waals surface area (Å²) >= 11 is 11.0. The van der Waals surface area contributed by atoms with Gasteiger partial charge >= 0.3 is 0 Å². The van der Waals surface area contributed by atoms with Gasteiger partial charge in [-0.1, -0.05) is 0 Å². The molecule has 0 radical (unpaired) electrons. The van der Waals surface area contributed by atoms with Crippen LogP contribution in [0.15, 0.2) is 0 Å². The Kier molecular flexibility index (Phi) is 5.12. The molecule has 0 saturated heterocycles. The molecule has 0 saturated carbocycles. The van der Waals surface area contributed by atoms with Gasteiger partial charge < -0.3 is 0 Å². The van der Waals surface area contributed by atoms with Crippen LogP contribution < -0.4 is 0 Å². The number of halogens is 2. The second kappa shape index (κ2) is 4.73. The van der Waals surface area contributed by atoms with Crippen LogP contribution in [0, 0.1) is 0 Å². The molecule has 0 nitrogen and oxygen atoms in total. The summed E-state index contributed by atoms with van der Waals surface area (Å²) in [6.07, 6.45) is 2.07. The molecule has 0 aliphatic carbocycles. The van der Waals surface area contributed by atoms with E-state index in [4.69, 9.17) is 23.2 Å². The van der Waals surface area contributed by atoms with Crippen LogP contribution in [0.3, 0.4) is 0 Å². The van der Waals surface area contributed by atoms with Gasteiger partial charge in [0.2, 0.25) is 0 Å². The molecule has 0 aromatic rings. The first kappa shape index (κ1) is 7.58. The van der Waals surface area contributed by atoms with Gasteiger partial charge in [0, 0.05) is 11.3 Å². The van der Waals surface area contributed by atoms with E-state index in [2.05, 4.69) is 0 Å². The van der Waals surface area contributed by atoms with E-state index in [0.29, 0.717) is 5.38 Å². The van der Waals surface area contributed by atoms with Crippen LogP contribution in [-0.4, -0.2) is 11.3 Å². The van der Waals surface area contributed by atoms with Crippen molar-refractivity contribution in [2.24, 2.45) is 0 Å². The first-order valence-corrected chi connectivity index (χ1v) is 3.44. The second-order valence-corrected chi connectivity index (χ2v) is 2.73. The maximum atomic E-state index is 5.60. The minimum Gasteiger partial charge on any atom is -0.127 e. The normalized spacial score (nSPS) is 14.1. The predicted molar refractivity (Wildman–Crippen MR) is 35.3 cm³/mol. The van der Waals surface area contributed by atoms with Crippen LogP contribution in [0.25, 0.3) is 0 Å². The highest BCUT2D eigenvalue weighted by Gasteiger charge is 1.91. The molecule has 0 heterocycles. The summed E-state index contributed by atoms with van der Waals surface area (Å²) < 4.78 is 0. The molecule has 0 aromatic carbocycles. The Morgan fingerprint density at radius 3 is 2.29 bits per heavy atom. The smallest absolute Gasteiger partial charge is 0.0308 e. The minimum absolute atomic E-state index is 0.291. The molecular formula is C5H10Cl2. The third-order valence-corrected chi connectivity index (χ3v) is 1.22. The summed E-state index contributed by atoms with van der Waals surface area (Å²) in [5, 5.41) is 0.291. The van der Waals surface area contributed by atoms with E-state index < -0.39 is 0 Å². The fourth-order valence-electron chi connectivity index (χ4n) is 0.358. The molecule has 0 unspecified atom stereocenters. The van der Waals surface area contributed by atoms with Crippen molar-refractivity contribution in [3.05, 3.63) is 0 Å². The van der Waals surface area contributed by atoms with Gasteiger partial charge in [0.15, 0.2) is 0 Å². The molecule has 0 aliphatic heterocycles. The van der Waals surface area contributed by atoms with Gasteiger partial charge in [-0.2, -0.15) is 0 Å². The van der Waals surface area contributed by atoms with Crippen LogP contribution >= 0.6 is 23.2 Å². The van der Waals surface area contributed by atoms with Crippen LogP contribution in [0.2, 0.25) is 0 Å². The summed E-state index contributed by atoms with van der Waals surface area (Å²) in [6.45, 7) is 1.98. The van der Waals surface area contributed by atoms with E-state index >= 15 is 0 Å². The molecule has 2 heteroatoms. The monoisotopic (exact) mass is 140 g/mol. The summed E-state index contributed by atoms with van der Waals surface area (Å²) in [5.41, 5.74) is 0. The van der Waals surface area contributed by atoms with Gasteiger partial charge in [-0.3, -0.25) is 0 Å². The Bertz CT molecular complexity index is 35.1. The fraction of sp³-hybridized carbons (Fsp3) is 1.00. The van der Waals surface area contributed by atoms with Gasteiger partial charge in [0.25, 0.3) is 0 Å². The summed E-state index contributed by atoms with van der Waals surface area (Å²) in [6, 6.07) is 0. The zero-order valence-corrected chi connectivity index (χ0v) is 5.97. The van der Waals surface area contributed by atoms with Crippen molar-refractivity contribution in [3.8, 4) is 0 Å². The van der Waals surface area contributed by atoms with Crippen molar-refractivity contribution in [2.45, 2.75) is 25.1 Å². The molecule has 0 spiro atoms. The Balaban J connectivity index is 2.68. The van der Waals surface area contributed by atoms with Crippen molar-refractivity contribution in [3.63, 3.8) is 0 Å². The Morgan fingerprint density at radius 2 is 2.14 bits per heavy atom. The van der Waals surface area contributed by atoms with Crippen molar-refractivity contribution < 1.29 is 0 Å². The number of hydrogen-bond donors (Lipinski definition) is 0. The average molecular weight is 141 g/mol. The number of rotatable bonds is 3. The average Bonchev–Trinajstić information content (AvgIpc) is 1.61. The van der Waals surface area contributed by atoms with Crippen molar-refractivity contribution >= 4 is 23.2 Å². The second-order valence-electron chi connectivity index (χ2n) is 1.61. The molecule has 1 atom stereocenters. The van der Waals surface area contributed by atoms with Crippen molar-refractivity contribution in [2.75, 3.05) is 5.88 Å². The third-order valence-electron chi connectivity index (χ3n) is 0.736. The third kappa shape index (κ3) is 6.58. The maximum Gasteiger partial charge on any atom is 0.0308 e. The molecule has 7 heavy (non-hydrogen) atoms. The van der Waals surface area contributed by atoms with Crippen molar-refractivity contribution in [1.82, 2.24) is 0 Å². The first-order valence-electron chi connectivity index (χ1n) is 2.47. The van der Waals surface area contributed by atoms with E-state index in [9.17, 15) is 0 Å². The molecule has 0 aromatic heterocycles. The zero-order valence-electron chi connectivity index (χ0n) is 4.45. The quantitative estimate of drug-likeness (QED) is 0.530. The molecule has 0 amide bonds. The van der Waals surface area contributed by atoms with Gasteiger partial charge in [0.1, 0.15) is 0 Å². The van der Waals surface area contributed by atoms with Crippen LogP contribution in [-0.2, 0) is 0 Å². The molecule has 44 valence electrons. The summed E-state index contributed by atoms with van der Waals surface area (Å²) in [7, 11) is 0. The number of alkyl halides is 2. The first-order chi connectivity index (χ1) is 3.27. The van der Waals surface area contributed by atoms with Gasteiger partial charge in [0.05, 0.1) is 0 Å². The van der Waals surface area contributed by atoms with E-state index in [0.717, 1.165) is 18.7 Å².